The molecule has 0 aliphatic rings. The van der Waals surface area contributed by atoms with E-state index >= 15 is 0 Å². The van der Waals surface area contributed by atoms with Gasteiger partial charge < -0.3 is 5.32 Å². The van der Waals surface area contributed by atoms with Crippen molar-refractivity contribution in [2.45, 2.75) is 11.3 Å². The summed E-state index contributed by atoms with van der Waals surface area (Å²) in [6, 6.07) is 37.2. The monoisotopic (exact) mass is 492 g/mol. The highest BCUT2D eigenvalue weighted by Crippen LogP contribution is 2.26. The second kappa shape index (κ2) is 10.1. The smallest absolute Gasteiger partial charge is 0.261 e. The van der Waals surface area contributed by atoms with Crippen LogP contribution in [0.1, 0.15) is 5.56 Å². The third-order valence-electron chi connectivity index (χ3n) is 5.91. The molecular weight excluding hydrogens is 468 g/mol. The molecule has 1 amide bonds. The summed E-state index contributed by atoms with van der Waals surface area (Å²) in [6.07, 6.45) is 0.220. The molecule has 0 saturated heterocycles. The first-order chi connectivity index (χ1) is 17.5. The van der Waals surface area contributed by atoms with Gasteiger partial charge in [-0.25, -0.2) is 8.42 Å². The highest BCUT2D eigenvalue weighted by Gasteiger charge is 2.16. The summed E-state index contributed by atoms with van der Waals surface area (Å²) in [7, 11) is -3.79. The molecular formula is C30H24N2O3S. The van der Waals surface area contributed by atoms with Crippen LogP contribution in [0.15, 0.2) is 126 Å². The van der Waals surface area contributed by atoms with E-state index in [4.69, 9.17) is 0 Å². The summed E-state index contributed by atoms with van der Waals surface area (Å²) in [4.78, 5) is 12.7. The molecule has 0 atom stereocenters. The SMILES string of the molecule is O=C(Cc1ccc(-c2ccccc2)cc1)Nc1ccc(S(=O)(=O)Nc2cccc3ccccc23)cc1. The number of hydrogen-bond acceptors (Lipinski definition) is 3. The van der Waals surface area contributed by atoms with Gasteiger partial charge in [0.1, 0.15) is 0 Å². The molecule has 5 aromatic rings. The fourth-order valence-corrected chi connectivity index (χ4v) is 5.15. The van der Waals surface area contributed by atoms with Crippen molar-refractivity contribution >= 4 is 38.1 Å². The summed E-state index contributed by atoms with van der Waals surface area (Å²) in [5, 5.41) is 4.61. The van der Waals surface area contributed by atoms with Gasteiger partial charge in [0.15, 0.2) is 0 Å². The number of amides is 1. The van der Waals surface area contributed by atoms with Crippen LogP contribution in [0.5, 0.6) is 0 Å². The minimum atomic E-state index is -3.79. The average molecular weight is 493 g/mol. The van der Waals surface area contributed by atoms with Gasteiger partial charge in [-0.15, -0.1) is 0 Å². The fourth-order valence-electron chi connectivity index (χ4n) is 4.07. The molecule has 0 aliphatic heterocycles. The molecule has 0 bridgehead atoms. The standard InChI is InChI=1S/C30H24N2O3S/c33-30(21-22-13-15-24(16-14-22)23-7-2-1-3-8-23)31-26-17-19-27(20-18-26)36(34,35)32-29-12-6-10-25-9-4-5-11-28(25)29/h1-20,32H,21H2,(H,31,33). The molecule has 36 heavy (non-hydrogen) atoms. The van der Waals surface area contributed by atoms with E-state index in [1.165, 1.54) is 12.1 Å². The van der Waals surface area contributed by atoms with E-state index in [2.05, 4.69) is 10.0 Å². The number of benzene rings is 5. The quantitative estimate of drug-likeness (QED) is 0.273. The predicted octanol–water partition coefficient (Wildman–Crippen LogP) is 6.49. The molecule has 0 aliphatic carbocycles. The Labute approximate surface area is 210 Å². The number of hydrogen-bond donors (Lipinski definition) is 2. The van der Waals surface area contributed by atoms with Crippen molar-refractivity contribution in [3.8, 4) is 11.1 Å². The molecule has 0 unspecified atom stereocenters. The lowest BCUT2D eigenvalue weighted by atomic mass is 10.0. The lowest BCUT2D eigenvalue weighted by Gasteiger charge is -2.12. The lowest BCUT2D eigenvalue weighted by molar-refractivity contribution is -0.115. The van der Waals surface area contributed by atoms with E-state index in [1.807, 2.05) is 91.0 Å². The molecule has 5 aromatic carbocycles. The van der Waals surface area contributed by atoms with Crippen LogP contribution in [0.3, 0.4) is 0 Å². The number of carbonyl (C=O) groups excluding carboxylic acids is 1. The van der Waals surface area contributed by atoms with Crippen molar-refractivity contribution in [2.24, 2.45) is 0 Å². The minimum Gasteiger partial charge on any atom is -0.326 e. The fraction of sp³-hybridized carbons (Fsp3) is 0.0333. The van der Waals surface area contributed by atoms with Gasteiger partial charge in [0.05, 0.1) is 17.0 Å². The van der Waals surface area contributed by atoms with Crippen LogP contribution in [-0.2, 0) is 21.2 Å². The van der Waals surface area contributed by atoms with Gasteiger partial charge in [0.25, 0.3) is 10.0 Å². The second-order valence-corrected chi connectivity index (χ2v) is 10.1. The number of sulfonamides is 1. The van der Waals surface area contributed by atoms with Crippen LogP contribution in [-0.4, -0.2) is 14.3 Å². The maximum absolute atomic E-state index is 13.0. The molecule has 2 N–H and O–H groups in total. The van der Waals surface area contributed by atoms with Crippen molar-refractivity contribution in [2.75, 3.05) is 10.0 Å². The van der Waals surface area contributed by atoms with Crippen molar-refractivity contribution in [3.63, 3.8) is 0 Å². The highest BCUT2D eigenvalue weighted by molar-refractivity contribution is 7.92. The zero-order chi connectivity index (χ0) is 25.0. The minimum absolute atomic E-state index is 0.116. The van der Waals surface area contributed by atoms with Crippen molar-refractivity contribution in [1.82, 2.24) is 0 Å². The zero-order valence-electron chi connectivity index (χ0n) is 19.4. The Morgan fingerprint density at radius 3 is 2.03 bits per heavy atom. The van der Waals surface area contributed by atoms with Gasteiger partial charge in [-0.3, -0.25) is 9.52 Å². The number of anilines is 2. The maximum Gasteiger partial charge on any atom is 0.261 e. The molecule has 5 nitrogen and oxygen atoms in total. The van der Waals surface area contributed by atoms with Gasteiger partial charge in [-0.05, 0) is 52.4 Å². The molecule has 0 radical (unpaired) electrons. The molecule has 0 aromatic heterocycles. The molecule has 5 rings (SSSR count). The van der Waals surface area contributed by atoms with Crippen LogP contribution in [0, 0.1) is 0 Å². The predicted molar refractivity (Wildman–Crippen MR) is 145 cm³/mol. The number of fused-ring (bicyclic) bond motifs is 1. The zero-order valence-corrected chi connectivity index (χ0v) is 20.2. The molecule has 0 heterocycles. The van der Waals surface area contributed by atoms with Crippen molar-refractivity contribution < 1.29 is 13.2 Å². The normalized spacial score (nSPS) is 11.2. The Balaban J connectivity index is 1.23. The summed E-state index contributed by atoms with van der Waals surface area (Å²) in [5.41, 5.74) is 4.16. The lowest BCUT2D eigenvalue weighted by Crippen LogP contribution is -2.15. The van der Waals surface area contributed by atoms with E-state index in [-0.39, 0.29) is 17.2 Å². The number of nitrogens with one attached hydrogen (secondary N) is 2. The Bertz CT molecular complexity index is 1610. The first-order valence-corrected chi connectivity index (χ1v) is 13.0. The van der Waals surface area contributed by atoms with Crippen LogP contribution in [0.2, 0.25) is 0 Å². The second-order valence-electron chi connectivity index (χ2n) is 8.44. The summed E-state index contributed by atoms with van der Waals surface area (Å²) >= 11 is 0. The van der Waals surface area contributed by atoms with E-state index in [0.717, 1.165) is 27.5 Å². The Hall–Kier alpha value is -4.42. The summed E-state index contributed by atoms with van der Waals surface area (Å²) in [5.74, 6) is -0.174. The molecule has 6 heteroatoms. The van der Waals surface area contributed by atoms with Crippen LogP contribution < -0.4 is 10.0 Å². The Morgan fingerprint density at radius 2 is 1.28 bits per heavy atom. The Morgan fingerprint density at radius 1 is 0.639 bits per heavy atom. The van der Waals surface area contributed by atoms with Gasteiger partial charge in [-0.2, -0.15) is 0 Å². The number of rotatable bonds is 7. The number of carbonyl (C=O) groups is 1. The molecule has 0 fully saturated rings. The van der Waals surface area contributed by atoms with Crippen LogP contribution in [0.4, 0.5) is 11.4 Å². The van der Waals surface area contributed by atoms with Gasteiger partial charge >= 0.3 is 0 Å². The van der Waals surface area contributed by atoms with Crippen LogP contribution in [0.25, 0.3) is 21.9 Å². The van der Waals surface area contributed by atoms with Crippen molar-refractivity contribution in [3.05, 3.63) is 127 Å². The first kappa shape index (κ1) is 23.3. The van der Waals surface area contributed by atoms with Crippen molar-refractivity contribution in [1.29, 1.82) is 0 Å². The van der Waals surface area contributed by atoms with Crippen LogP contribution >= 0.6 is 0 Å². The maximum atomic E-state index is 13.0. The van der Waals surface area contributed by atoms with E-state index < -0.39 is 10.0 Å². The van der Waals surface area contributed by atoms with Gasteiger partial charge in [0.2, 0.25) is 5.91 Å². The van der Waals surface area contributed by atoms with E-state index in [1.54, 1.807) is 18.2 Å². The molecule has 0 spiro atoms. The molecule has 178 valence electrons. The topological polar surface area (TPSA) is 75.3 Å². The summed E-state index contributed by atoms with van der Waals surface area (Å²) < 4.78 is 28.6. The molecule has 0 saturated carbocycles. The third kappa shape index (κ3) is 5.29. The Kier molecular flexibility index (Phi) is 6.52. The first-order valence-electron chi connectivity index (χ1n) is 11.5. The third-order valence-corrected chi connectivity index (χ3v) is 7.29. The van der Waals surface area contributed by atoms with E-state index in [9.17, 15) is 13.2 Å². The summed E-state index contributed by atoms with van der Waals surface area (Å²) in [6.45, 7) is 0. The van der Waals surface area contributed by atoms with Gasteiger partial charge in [0, 0.05) is 11.1 Å². The average Bonchev–Trinajstić information content (AvgIpc) is 2.90. The highest BCUT2D eigenvalue weighted by atomic mass is 32.2. The van der Waals surface area contributed by atoms with E-state index in [0.29, 0.717) is 11.4 Å². The van der Waals surface area contributed by atoms with Gasteiger partial charge in [-0.1, -0.05) is 91.0 Å². The largest absolute Gasteiger partial charge is 0.326 e.